The molecule has 0 unspecified atom stereocenters. The Morgan fingerprint density at radius 1 is 0.538 bits per heavy atom. The van der Waals surface area contributed by atoms with Gasteiger partial charge in [0.2, 0.25) is 0 Å². The summed E-state index contributed by atoms with van der Waals surface area (Å²) in [5.74, 6) is 0. The quantitative estimate of drug-likeness (QED) is 0.507. The molecule has 0 radical (unpaired) electrons. The smallest absolute Gasteiger partial charge is 0.187 e. The van der Waals surface area contributed by atoms with Crippen molar-refractivity contribution < 1.29 is 22.4 Å². The van der Waals surface area contributed by atoms with Crippen LogP contribution in [0.15, 0.2) is 0 Å². The molecule has 9 heteroatoms. The van der Waals surface area contributed by atoms with E-state index in [1.54, 1.807) is 0 Å². The normalized spacial score (nSPS) is 29.1. The Balaban J connectivity index is 3.20. The van der Waals surface area contributed by atoms with Gasteiger partial charge in [0.25, 0.3) is 0 Å². The lowest BCUT2D eigenvalue weighted by atomic mass is 10.1. The van der Waals surface area contributed by atoms with Gasteiger partial charge in [0.05, 0.1) is 12.7 Å². The fourth-order valence-electron chi connectivity index (χ4n) is 2.83. The predicted octanol–water partition coefficient (Wildman–Crippen LogP) is 4.85. The molecule has 0 saturated carbocycles. The zero-order valence-corrected chi connectivity index (χ0v) is 23.1. The Bertz CT molecular complexity index is 406. The Labute approximate surface area is 165 Å². The second-order valence-electron chi connectivity index (χ2n) is 11.1. The van der Waals surface area contributed by atoms with E-state index < -0.39 is 33.3 Å². The molecule has 1 rings (SSSR count). The Kier molecular flexibility index (Phi) is 8.15. The standard InChI is InChI=1S/C17H42O5Si4/c1-23(2,3)19-14-13-18-17(22-26(10,11)12)16(21-25(7,8)9)15(14)20-24(4,5)6/h14-17H,13H2,1-12H3/t14-,15+,16-,17+/m0/s1. The molecule has 156 valence electrons. The monoisotopic (exact) mass is 438 g/mol. The molecule has 4 atom stereocenters. The molecule has 1 heterocycles. The summed E-state index contributed by atoms with van der Waals surface area (Å²) < 4.78 is 32.2. The van der Waals surface area contributed by atoms with Crippen molar-refractivity contribution in [2.75, 3.05) is 6.61 Å². The van der Waals surface area contributed by atoms with Crippen molar-refractivity contribution in [3.8, 4) is 0 Å². The molecule has 26 heavy (non-hydrogen) atoms. The molecule has 1 fully saturated rings. The van der Waals surface area contributed by atoms with Gasteiger partial charge in [-0.2, -0.15) is 0 Å². The van der Waals surface area contributed by atoms with Crippen LogP contribution in [0.5, 0.6) is 0 Å². The average Bonchev–Trinajstić information content (AvgIpc) is 2.30. The van der Waals surface area contributed by atoms with Crippen molar-refractivity contribution in [3.63, 3.8) is 0 Å². The van der Waals surface area contributed by atoms with Crippen molar-refractivity contribution in [3.05, 3.63) is 0 Å². The minimum absolute atomic E-state index is 0.101. The average molecular weight is 439 g/mol. The van der Waals surface area contributed by atoms with Crippen molar-refractivity contribution in [2.24, 2.45) is 0 Å². The fraction of sp³-hybridized carbons (Fsp3) is 1.00. The summed E-state index contributed by atoms with van der Waals surface area (Å²) >= 11 is 0. The summed E-state index contributed by atoms with van der Waals surface area (Å²) in [5.41, 5.74) is 0. The molecular weight excluding hydrogens is 397 g/mol. The Morgan fingerprint density at radius 2 is 0.923 bits per heavy atom. The van der Waals surface area contributed by atoms with E-state index in [9.17, 15) is 0 Å². The van der Waals surface area contributed by atoms with Crippen molar-refractivity contribution in [2.45, 2.75) is 103 Å². The first-order valence-corrected chi connectivity index (χ1v) is 23.3. The molecule has 0 N–H and O–H groups in total. The first-order chi connectivity index (χ1) is 11.4. The Morgan fingerprint density at radius 3 is 1.31 bits per heavy atom. The molecular formula is C17H42O5Si4. The van der Waals surface area contributed by atoms with Crippen LogP contribution in [0.2, 0.25) is 78.6 Å². The van der Waals surface area contributed by atoms with E-state index >= 15 is 0 Å². The van der Waals surface area contributed by atoms with Crippen LogP contribution in [-0.4, -0.2) is 64.5 Å². The zero-order valence-electron chi connectivity index (χ0n) is 19.1. The summed E-state index contributed by atoms with van der Waals surface area (Å²) in [6.45, 7) is 26.9. The van der Waals surface area contributed by atoms with E-state index in [0.29, 0.717) is 6.61 Å². The summed E-state index contributed by atoms with van der Waals surface area (Å²) in [7, 11) is -7.14. The van der Waals surface area contributed by atoms with Crippen LogP contribution in [0, 0.1) is 0 Å². The van der Waals surface area contributed by atoms with Crippen molar-refractivity contribution >= 4 is 33.3 Å². The van der Waals surface area contributed by atoms with Crippen LogP contribution in [-0.2, 0) is 22.4 Å². The molecule has 0 bridgehead atoms. The fourth-order valence-corrected chi connectivity index (χ4v) is 7.01. The molecule has 0 aromatic carbocycles. The second kappa shape index (κ2) is 8.58. The van der Waals surface area contributed by atoms with Gasteiger partial charge in [-0.3, -0.25) is 0 Å². The van der Waals surface area contributed by atoms with Crippen LogP contribution in [0.4, 0.5) is 0 Å². The van der Waals surface area contributed by atoms with Crippen LogP contribution < -0.4 is 0 Å². The largest absolute Gasteiger partial charge is 0.410 e. The lowest BCUT2D eigenvalue weighted by Crippen LogP contribution is -2.63. The predicted molar refractivity (Wildman–Crippen MR) is 119 cm³/mol. The van der Waals surface area contributed by atoms with Gasteiger partial charge < -0.3 is 22.4 Å². The summed E-state index contributed by atoms with van der Waals surface area (Å²) in [6, 6.07) is 0. The summed E-state index contributed by atoms with van der Waals surface area (Å²) in [6.07, 6.45) is -0.863. The van der Waals surface area contributed by atoms with Crippen LogP contribution in [0.25, 0.3) is 0 Å². The molecule has 1 aliphatic heterocycles. The Hall–Kier alpha value is 0.668. The maximum Gasteiger partial charge on any atom is 0.187 e. The lowest BCUT2D eigenvalue weighted by Gasteiger charge is -2.48. The van der Waals surface area contributed by atoms with E-state index in [1.165, 1.54) is 0 Å². The van der Waals surface area contributed by atoms with Crippen molar-refractivity contribution in [1.82, 2.24) is 0 Å². The molecule has 0 spiro atoms. The van der Waals surface area contributed by atoms with Gasteiger partial charge in [-0.05, 0) is 78.6 Å². The number of ether oxygens (including phenoxy) is 1. The molecule has 1 saturated heterocycles. The molecule has 1 aliphatic rings. The van der Waals surface area contributed by atoms with Crippen LogP contribution in [0.3, 0.4) is 0 Å². The van der Waals surface area contributed by atoms with Gasteiger partial charge in [-0.15, -0.1) is 0 Å². The molecule has 0 aromatic rings. The van der Waals surface area contributed by atoms with E-state index in [1.807, 2.05) is 0 Å². The highest BCUT2D eigenvalue weighted by molar-refractivity contribution is 6.71. The number of hydrogen-bond acceptors (Lipinski definition) is 5. The third-order valence-corrected chi connectivity index (χ3v) is 7.24. The van der Waals surface area contributed by atoms with E-state index in [4.69, 9.17) is 22.4 Å². The second-order valence-corrected chi connectivity index (χ2v) is 28.9. The van der Waals surface area contributed by atoms with Gasteiger partial charge in [0.15, 0.2) is 39.6 Å². The minimum atomic E-state index is -1.82. The van der Waals surface area contributed by atoms with Gasteiger partial charge >= 0.3 is 0 Å². The number of hydrogen-bond donors (Lipinski definition) is 0. The highest BCUT2D eigenvalue weighted by atomic mass is 28.4. The van der Waals surface area contributed by atoms with Gasteiger partial charge in [-0.25, -0.2) is 0 Å². The maximum atomic E-state index is 6.63. The van der Waals surface area contributed by atoms with E-state index in [2.05, 4.69) is 78.6 Å². The summed E-state index contributed by atoms with van der Waals surface area (Å²) in [5, 5.41) is 0. The topological polar surface area (TPSA) is 46.2 Å². The van der Waals surface area contributed by atoms with Crippen LogP contribution in [0.1, 0.15) is 0 Å². The highest BCUT2D eigenvalue weighted by Gasteiger charge is 2.48. The molecule has 0 aromatic heterocycles. The van der Waals surface area contributed by atoms with E-state index in [0.717, 1.165) is 0 Å². The molecule has 0 aliphatic carbocycles. The number of rotatable bonds is 8. The molecule has 0 amide bonds. The van der Waals surface area contributed by atoms with Gasteiger partial charge in [0, 0.05) is 0 Å². The minimum Gasteiger partial charge on any atom is -0.410 e. The zero-order chi connectivity index (χ0) is 20.6. The van der Waals surface area contributed by atoms with E-state index in [-0.39, 0.29) is 24.6 Å². The summed E-state index contributed by atoms with van der Waals surface area (Å²) in [4.78, 5) is 0. The third-order valence-electron chi connectivity index (χ3n) is 3.34. The lowest BCUT2D eigenvalue weighted by molar-refractivity contribution is -0.232. The van der Waals surface area contributed by atoms with Crippen molar-refractivity contribution in [1.29, 1.82) is 0 Å². The molecule has 5 nitrogen and oxygen atoms in total. The first kappa shape index (κ1) is 24.7. The SMILES string of the molecule is C[Si](C)(C)O[C@H]1OC[C@H](O[Si](C)(C)C)[C@@H](O[Si](C)(C)C)[C@@H]1O[Si](C)(C)C. The van der Waals surface area contributed by atoms with Gasteiger partial charge in [0.1, 0.15) is 12.2 Å². The first-order valence-electron chi connectivity index (χ1n) is 9.69. The highest BCUT2D eigenvalue weighted by Crippen LogP contribution is 2.31. The van der Waals surface area contributed by atoms with Crippen LogP contribution >= 0.6 is 0 Å². The third kappa shape index (κ3) is 9.74. The van der Waals surface area contributed by atoms with Gasteiger partial charge in [-0.1, -0.05) is 0 Å². The maximum absolute atomic E-state index is 6.63.